The minimum Gasteiger partial charge on any atom is -0.456 e. The third kappa shape index (κ3) is 8.22. The van der Waals surface area contributed by atoms with Gasteiger partial charge in [-0.1, -0.05) is 44.2 Å². The van der Waals surface area contributed by atoms with E-state index in [-0.39, 0.29) is 16.9 Å². The number of hydrogen-bond acceptors (Lipinski definition) is 8. The average molecular weight is 909 g/mol. The van der Waals surface area contributed by atoms with Crippen LogP contribution < -0.4 is 20.6 Å². The number of para-hydroxylation sites is 1. The molecule has 8 nitrogen and oxygen atoms in total. The van der Waals surface area contributed by atoms with Gasteiger partial charge in [-0.15, -0.1) is 22.7 Å². The topological polar surface area (TPSA) is 110 Å². The van der Waals surface area contributed by atoms with Crippen molar-refractivity contribution in [2.45, 2.75) is 64.2 Å². The van der Waals surface area contributed by atoms with Crippen molar-refractivity contribution >= 4 is 42.8 Å². The normalized spacial score (nSPS) is 14.0. The Hall–Kier alpha value is -6.93. The van der Waals surface area contributed by atoms with Crippen molar-refractivity contribution in [2.75, 3.05) is 0 Å². The molecule has 0 aliphatic heterocycles. The van der Waals surface area contributed by atoms with Crippen LogP contribution in [-0.4, -0.2) is 9.13 Å². The first kappa shape index (κ1) is 44.7. The standard InChI is InChI=1S/C26H22N2O2S.C24H15F3N2O2S.C2H6/c1-16-5-4-6-17(2)23(16)30-22-8-7-18(26(15-27)10-11-26)13-20(22)21-14-28(3)25(29)19-9-12-31-24(19)21;1-29-11-17(22-15(23(29)30)4-7-32-22)16-8-13(24(12-28)5-6-24)2-3-20(16)31-21-18(26)9-14(25)10-19(21)27;1-2/h4-9,12-14H,10-11H2,1-3H3;2-4,7-11H,5-6H2,1H3;1-2H3. The maximum Gasteiger partial charge on any atom is 0.259 e. The first-order valence-electron chi connectivity index (χ1n) is 21.1. The van der Waals surface area contributed by atoms with Crippen molar-refractivity contribution in [3.63, 3.8) is 0 Å². The third-order valence-electron chi connectivity index (χ3n) is 11.9. The molecule has 0 unspecified atom stereocenters. The van der Waals surface area contributed by atoms with Gasteiger partial charge >= 0.3 is 0 Å². The number of nitrogens with zero attached hydrogens (tertiary/aromatic N) is 4. The first-order valence-corrected chi connectivity index (χ1v) is 22.8. The Balaban J connectivity index is 0.000000171. The Bertz CT molecular complexity index is 3340. The molecule has 4 aromatic heterocycles. The summed E-state index contributed by atoms with van der Waals surface area (Å²) in [5, 5.41) is 24.3. The summed E-state index contributed by atoms with van der Waals surface area (Å²) in [7, 11) is 3.39. The zero-order valence-electron chi connectivity index (χ0n) is 36.5. The molecular weight excluding hydrogens is 866 g/mol. The number of aryl methyl sites for hydroxylation is 4. The zero-order valence-corrected chi connectivity index (χ0v) is 38.1. The van der Waals surface area contributed by atoms with Crippen LogP contribution in [0.4, 0.5) is 13.2 Å². The van der Waals surface area contributed by atoms with Crippen LogP contribution in [0.5, 0.6) is 23.0 Å². The van der Waals surface area contributed by atoms with Gasteiger partial charge in [0.25, 0.3) is 11.1 Å². The van der Waals surface area contributed by atoms with Crippen molar-refractivity contribution in [1.82, 2.24) is 9.13 Å². The van der Waals surface area contributed by atoms with Gasteiger partial charge in [-0.2, -0.15) is 10.5 Å². The lowest BCUT2D eigenvalue weighted by Gasteiger charge is -2.18. The number of pyridine rings is 2. The lowest BCUT2D eigenvalue weighted by Crippen LogP contribution is -2.15. The maximum absolute atomic E-state index is 14.3. The molecule has 4 aromatic carbocycles. The van der Waals surface area contributed by atoms with Crippen molar-refractivity contribution in [3.8, 4) is 57.4 Å². The van der Waals surface area contributed by atoms with E-state index in [0.29, 0.717) is 51.6 Å². The molecule has 328 valence electrons. The molecular formula is C52H43F3N4O4S2. The fourth-order valence-corrected chi connectivity index (χ4v) is 9.82. The van der Waals surface area contributed by atoms with E-state index in [0.717, 1.165) is 62.4 Å². The highest BCUT2D eigenvalue weighted by molar-refractivity contribution is 7.18. The third-order valence-corrected chi connectivity index (χ3v) is 13.8. The fourth-order valence-electron chi connectivity index (χ4n) is 8.00. The summed E-state index contributed by atoms with van der Waals surface area (Å²) in [5.74, 6) is -2.43. The molecule has 0 atom stereocenters. The van der Waals surface area contributed by atoms with Gasteiger partial charge in [-0.05, 0) is 109 Å². The van der Waals surface area contributed by atoms with Crippen LogP contribution in [0.1, 0.15) is 61.8 Å². The molecule has 65 heavy (non-hydrogen) atoms. The highest BCUT2D eigenvalue weighted by Gasteiger charge is 2.46. The van der Waals surface area contributed by atoms with E-state index in [1.54, 1.807) is 65.8 Å². The Kier molecular flexibility index (Phi) is 12.1. The SMILES string of the molecule is CC.Cc1cccc(C)c1Oc1ccc(C2(C#N)CC2)cc1-c1cn(C)c(=O)c2ccsc12.Cn1cc(-c2cc(C3(C#N)CC3)ccc2Oc2c(F)cc(F)cc2F)c2sccc2c1=O. The molecule has 0 N–H and O–H groups in total. The molecule has 2 saturated carbocycles. The molecule has 0 radical (unpaired) electrons. The molecule has 2 aliphatic carbocycles. The van der Waals surface area contributed by atoms with E-state index in [1.807, 2.05) is 75.7 Å². The van der Waals surface area contributed by atoms with Crippen molar-refractivity contribution in [2.24, 2.45) is 14.1 Å². The minimum atomic E-state index is -1.17. The van der Waals surface area contributed by atoms with Gasteiger partial charge in [-0.3, -0.25) is 9.59 Å². The summed E-state index contributed by atoms with van der Waals surface area (Å²) in [5.41, 5.74) is 5.68. The van der Waals surface area contributed by atoms with E-state index in [2.05, 4.69) is 18.2 Å². The largest absolute Gasteiger partial charge is 0.456 e. The minimum absolute atomic E-state index is 0.0101. The molecule has 0 bridgehead atoms. The van der Waals surface area contributed by atoms with Gasteiger partial charge in [0, 0.05) is 70.3 Å². The summed E-state index contributed by atoms with van der Waals surface area (Å²) in [6.45, 7) is 8.07. The molecule has 4 heterocycles. The number of halogens is 3. The van der Waals surface area contributed by atoms with Crippen LogP contribution in [0.25, 0.3) is 42.4 Å². The predicted octanol–water partition coefficient (Wildman–Crippen LogP) is 13.3. The van der Waals surface area contributed by atoms with E-state index in [1.165, 1.54) is 15.9 Å². The van der Waals surface area contributed by atoms with Gasteiger partial charge in [0.15, 0.2) is 17.4 Å². The summed E-state index contributed by atoms with van der Waals surface area (Å²) in [6, 6.07) is 26.7. The van der Waals surface area contributed by atoms with Crippen LogP contribution in [0.3, 0.4) is 0 Å². The quantitative estimate of drug-likeness (QED) is 0.150. The number of hydrogen-bond donors (Lipinski definition) is 0. The molecule has 0 amide bonds. The highest BCUT2D eigenvalue weighted by atomic mass is 32.1. The van der Waals surface area contributed by atoms with Crippen LogP contribution in [0.2, 0.25) is 0 Å². The van der Waals surface area contributed by atoms with Crippen LogP contribution in [-0.2, 0) is 24.9 Å². The Labute approximate surface area is 381 Å². The Morgan fingerprint density at radius 1 is 0.600 bits per heavy atom. The Morgan fingerprint density at radius 3 is 1.42 bits per heavy atom. The van der Waals surface area contributed by atoms with Crippen molar-refractivity contribution < 1.29 is 22.6 Å². The second-order valence-corrected chi connectivity index (χ2v) is 18.0. The van der Waals surface area contributed by atoms with E-state index in [4.69, 9.17) is 9.47 Å². The summed E-state index contributed by atoms with van der Waals surface area (Å²) < 4.78 is 58.7. The molecule has 2 fully saturated rings. The average Bonchev–Trinajstić information content (AvgIpc) is 4.17. The monoisotopic (exact) mass is 908 g/mol. The first-order chi connectivity index (χ1) is 31.3. The van der Waals surface area contributed by atoms with Gasteiger partial charge < -0.3 is 18.6 Å². The summed E-state index contributed by atoms with van der Waals surface area (Å²) in [4.78, 5) is 25.1. The lowest BCUT2D eigenvalue weighted by molar-refractivity contribution is 0.402. The number of rotatable bonds is 8. The number of nitriles is 2. The fraction of sp³-hybridized carbons (Fsp3) is 0.231. The zero-order chi connectivity index (χ0) is 46.4. The van der Waals surface area contributed by atoms with E-state index in [9.17, 15) is 33.3 Å². The van der Waals surface area contributed by atoms with Crippen molar-refractivity contribution in [3.05, 3.63) is 162 Å². The van der Waals surface area contributed by atoms with E-state index < -0.39 is 34.0 Å². The molecule has 13 heteroatoms. The summed E-state index contributed by atoms with van der Waals surface area (Å²) in [6.07, 6.45) is 6.70. The van der Waals surface area contributed by atoms with Gasteiger partial charge in [0.2, 0.25) is 0 Å². The maximum atomic E-state index is 14.3. The van der Waals surface area contributed by atoms with Crippen LogP contribution >= 0.6 is 22.7 Å². The molecule has 0 spiro atoms. The number of aromatic nitrogens is 2. The molecule has 2 aliphatic rings. The molecule has 8 aromatic rings. The van der Waals surface area contributed by atoms with Crippen LogP contribution in [0.15, 0.2) is 112 Å². The van der Waals surface area contributed by atoms with Crippen molar-refractivity contribution in [1.29, 1.82) is 10.5 Å². The van der Waals surface area contributed by atoms with Gasteiger partial charge in [0.1, 0.15) is 23.1 Å². The van der Waals surface area contributed by atoms with Gasteiger partial charge in [-0.25, -0.2) is 13.2 Å². The second-order valence-electron chi connectivity index (χ2n) is 16.2. The lowest BCUT2D eigenvalue weighted by atomic mass is 9.93. The van der Waals surface area contributed by atoms with E-state index >= 15 is 0 Å². The molecule has 10 rings (SSSR count). The Morgan fingerprint density at radius 2 is 1.02 bits per heavy atom. The number of fused-ring (bicyclic) bond motifs is 2. The van der Waals surface area contributed by atoms with Gasteiger partial charge in [0.05, 0.1) is 33.7 Å². The molecule has 0 saturated heterocycles. The number of thiophene rings is 2. The van der Waals surface area contributed by atoms with Crippen LogP contribution in [0, 0.1) is 54.0 Å². The second kappa shape index (κ2) is 17.6. The number of ether oxygens (including phenoxy) is 2. The highest BCUT2D eigenvalue weighted by Crippen LogP contribution is 2.52. The predicted molar refractivity (Wildman–Crippen MR) is 252 cm³/mol. The summed E-state index contributed by atoms with van der Waals surface area (Å²) >= 11 is 2.91. The smallest absolute Gasteiger partial charge is 0.259 e. The number of benzene rings is 4.